The van der Waals surface area contributed by atoms with Crippen molar-refractivity contribution in [2.75, 3.05) is 5.32 Å². The fourth-order valence-corrected chi connectivity index (χ4v) is 4.86. The second kappa shape index (κ2) is 13.2. The molecule has 0 atom stereocenters. The van der Waals surface area contributed by atoms with Crippen LogP contribution in [0.2, 0.25) is 0 Å². The first-order chi connectivity index (χ1) is 15.5. The van der Waals surface area contributed by atoms with E-state index in [-0.39, 0.29) is 99.7 Å². The van der Waals surface area contributed by atoms with E-state index < -0.39 is 72.5 Å². The van der Waals surface area contributed by atoms with Crippen molar-refractivity contribution in [1.29, 1.82) is 0 Å². The Morgan fingerprint density at radius 3 is 1.76 bits per heavy atom. The van der Waals surface area contributed by atoms with Gasteiger partial charge in [0.2, 0.25) is 0 Å². The molecule has 20 heteroatoms. The van der Waals surface area contributed by atoms with Gasteiger partial charge in [-0.25, -0.2) is 25.3 Å². The van der Waals surface area contributed by atoms with Crippen LogP contribution in [0.25, 0.3) is 10.8 Å². The van der Waals surface area contributed by atoms with Gasteiger partial charge in [-0.3, -0.25) is 14.9 Å². The third-order valence-corrected chi connectivity index (χ3v) is 7.05. The van der Waals surface area contributed by atoms with Crippen LogP contribution in [0.1, 0.15) is 10.4 Å². The van der Waals surface area contributed by atoms with Crippen LogP contribution in [-0.2, 0) is 30.4 Å². The molecule has 0 aliphatic carbocycles. The predicted octanol–water partition coefficient (Wildman–Crippen LogP) is -8.28. The third kappa shape index (κ3) is 8.50. The van der Waals surface area contributed by atoms with E-state index in [1.54, 1.807) is 0 Å². The average molecular weight is 598 g/mol. The number of nitro benzene ring substituents is 1. The van der Waals surface area contributed by atoms with E-state index in [4.69, 9.17) is 0 Å². The number of nitrogens with one attached hydrogen (secondary N) is 1. The summed E-state index contributed by atoms with van der Waals surface area (Å²) in [5.41, 5.74) is -1.99. The van der Waals surface area contributed by atoms with E-state index in [1.165, 1.54) is 0 Å². The summed E-state index contributed by atoms with van der Waals surface area (Å²) in [6, 6.07) is 5.70. The second-order valence-corrected chi connectivity index (χ2v) is 10.6. The molecular formula is C17H9N2Na3O12S3. The van der Waals surface area contributed by atoms with Gasteiger partial charge >= 0.3 is 88.7 Å². The number of nitrogens with zero attached hydrogens (tertiary/aromatic N) is 1. The predicted molar refractivity (Wildman–Crippen MR) is 109 cm³/mol. The fraction of sp³-hybridized carbons (Fsp3) is 0. The smallest absolute Gasteiger partial charge is 0.744 e. The van der Waals surface area contributed by atoms with Crippen molar-refractivity contribution in [3.05, 3.63) is 64.2 Å². The molecule has 0 spiro atoms. The minimum Gasteiger partial charge on any atom is -0.744 e. The number of hydrogen-bond acceptors (Lipinski definition) is 12. The number of anilines is 1. The molecule has 0 bridgehead atoms. The molecule has 0 unspecified atom stereocenters. The Morgan fingerprint density at radius 1 is 0.703 bits per heavy atom. The van der Waals surface area contributed by atoms with E-state index in [0.29, 0.717) is 18.2 Å². The largest absolute Gasteiger partial charge is 1.00 e. The van der Waals surface area contributed by atoms with Gasteiger partial charge < -0.3 is 19.0 Å². The Hall–Kier alpha value is -0.480. The molecule has 3 rings (SSSR count). The molecule has 0 saturated heterocycles. The van der Waals surface area contributed by atoms with Gasteiger partial charge in [-0.15, -0.1) is 0 Å². The maximum Gasteiger partial charge on any atom is 1.00 e. The molecule has 0 saturated carbocycles. The summed E-state index contributed by atoms with van der Waals surface area (Å²) in [4.78, 5) is 19.7. The fourth-order valence-electron chi connectivity index (χ4n) is 2.99. The maximum absolute atomic E-state index is 12.7. The zero-order valence-corrected chi connectivity index (χ0v) is 27.6. The standard InChI is InChI=1S/C17H12N2O12S3.3Na/c20-17(12-3-1-9(19(21)22)7-16(12)34(29,30)31)18-14-5-6-15(33(26,27)28)11-4-2-10(8-13(11)14)32(23,24)25;;;/h1-8H,(H,18,20)(H,23,24,25)(H,26,27,28)(H,29,30,31);;;/q;3*+1/p-3. The van der Waals surface area contributed by atoms with E-state index in [0.717, 1.165) is 30.3 Å². The van der Waals surface area contributed by atoms with Gasteiger partial charge in [0.25, 0.3) is 11.6 Å². The number of carbonyl (C=O) groups excluding carboxylic acids is 1. The van der Waals surface area contributed by atoms with Gasteiger partial charge in [-0.2, -0.15) is 0 Å². The Labute approximate surface area is 276 Å². The van der Waals surface area contributed by atoms with E-state index >= 15 is 0 Å². The molecule has 0 fully saturated rings. The van der Waals surface area contributed by atoms with Gasteiger partial charge in [0.15, 0.2) is 0 Å². The number of non-ortho nitro benzene ring substituents is 1. The Kier molecular flexibility index (Phi) is 13.1. The number of carbonyl (C=O) groups is 1. The molecule has 3 aromatic carbocycles. The van der Waals surface area contributed by atoms with Gasteiger partial charge in [0.05, 0.1) is 25.2 Å². The summed E-state index contributed by atoms with van der Waals surface area (Å²) >= 11 is 0. The van der Waals surface area contributed by atoms with Crippen LogP contribution in [0, 0.1) is 10.1 Å². The van der Waals surface area contributed by atoms with Crippen molar-refractivity contribution in [3.63, 3.8) is 0 Å². The quantitative estimate of drug-likeness (QED) is 0.120. The van der Waals surface area contributed by atoms with Crippen molar-refractivity contribution in [1.82, 2.24) is 0 Å². The zero-order valence-electron chi connectivity index (χ0n) is 19.2. The number of amides is 1. The number of fused-ring (bicyclic) bond motifs is 1. The normalized spacial score (nSPS) is 11.4. The average Bonchev–Trinajstić information content (AvgIpc) is 2.70. The van der Waals surface area contributed by atoms with Crippen LogP contribution < -0.4 is 94.0 Å². The molecule has 0 aliphatic heterocycles. The molecular weight excluding hydrogens is 589 g/mol. The Balaban J connectivity index is 0.00000432. The van der Waals surface area contributed by atoms with Crippen molar-refractivity contribution in [3.8, 4) is 0 Å². The summed E-state index contributed by atoms with van der Waals surface area (Å²) < 4.78 is 103. The molecule has 0 radical (unpaired) electrons. The summed E-state index contributed by atoms with van der Waals surface area (Å²) in [5, 5.41) is 12.2. The molecule has 0 aromatic heterocycles. The minimum atomic E-state index is -5.38. The summed E-state index contributed by atoms with van der Waals surface area (Å²) in [7, 11) is -15.5. The summed E-state index contributed by atoms with van der Waals surface area (Å²) in [6.07, 6.45) is 0. The zero-order chi connectivity index (χ0) is 25.6. The van der Waals surface area contributed by atoms with E-state index in [1.807, 2.05) is 0 Å². The molecule has 0 aliphatic rings. The number of nitro groups is 1. The molecule has 3 aromatic rings. The monoisotopic (exact) mass is 598 g/mol. The molecule has 180 valence electrons. The molecule has 1 amide bonds. The minimum absolute atomic E-state index is 0. The van der Waals surface area contributed by atoms with Crippen LogP contribution in [0.15, 0.2) is 63.2 Å². The van der Waals surface area contributed by atoms with Crippen LogP contribution in [0.3, 0.4) is 0 Å². The van der Waals surface area contributed by atoms with Crippen molar-refractivity contribution in [2.45, 2.75) is 14.7 Å². The third-order valence-electron chi connectivity index (χ3n) is 4.44. The van der Waals surface area contributed by atoms with Crippen molar-refractivity contribution < 1.29 is 137 Å². The number of hydrogen-bond donors (Lipinski definition) is 1. The van der Waals surface area contributed by atoms with Crippen molar-refractivity contribution >= 4 is 58.4 Å². The Bertz CT molecular complexity index is 1710. The van der Waals surface area contributed by atoms with E-state index in [9.17, 15) is 53.8 Å². The SMILES string of the molecule is O=C(Nc1ccc(S(=O)(=O)[O-])c2ccc(S(=O)(=O)[O-])cc12)c1ccc([N+](=O)[O-])cc1S(=O)(=O)[O-].[Na+].[Na+].[Na+]. The van der Waals surface area contributed by atoms with Crippen LogP contribution >= 0.6 is 0 Å². The number of rotatable bonds is 6. The van der Waals surface area contributed by atoms with Gasteiger partial charge in [0.1, 0.15) is 30.4 Å². The maximum atomic E-state index is 12.7. The second-order valence-electron chi connectivity index (χ2n) is 6.57. The van der Waals surface area contributed by atoms with Gasteiger partial charge in [-0.05, 0) is 30.3 Å². The van der Waals surface area contributed by atoms with Crippen LogP contribution in [0.4, 0.5) is 11.4 Å². The first-order valence-electron chi connectivity index (χ1n) is 8.54. The van der Waals surface area contributed by atoms with Gasteiger partial charge in [-0.1, -0.05) is 6.07 Å². The number of benzene rings is 3. The summed E-state index contributed by atoms with van der Waals surface area (Å²) in [5.74, 6) is -1.31. The first-order valence-corrected chi connectivity index (χ1v) is 12.8. The topological polar surface area (TPSA) is 244 Å². The Morgan fingerprint density at radius 2 is 1.27 bits per heavy atom. The molecule has 1 N–H and O–H groups in total. The van der Waals surface area contributed by atoms with Gasteiger partial charge in [0, 0.05) is 28.6 Å². The van der Waals surface area contributed by atoms with E-state index in [2.05, 4.69) is 5.32 Å². The summed E-state index contributed by atoms with van der Waals surface area (Å²) in [6.45, 7) is 0. The van der Waals surface area contributed by atoms with Crippen molar-refractivity contribution in [2.24, 2.45) is 0 Å². The molecule has 0 heterocycles. The van der Waals surface area contributed by atoms with Crippen LogP contribution in [-0.4, -0.2) is 49.7 Å². The first kappa shape index (κ1) is 36.5. The molecule has 37 heavy (non-hydrogen) atoms. The molecule has 14 nitrogen and oxygen atoms in total. The van der Waals surface area contributed by atoms with Crippen LogP contribution in [0.5, 0.6) is 0 Å².